The van der Waals surface area contributed by atoms with Crippen LogP contribution in [0.25, 0.3) is 0 Å². The Morgan fingerprint density at radius 1 is 0.889 bits per heavy atom. The smallest absolute Gasteiger partial charge is 0.289 e. The zero-order chi connectivity index (χ0) is 37.8. The van der Waals surface area contributed by atoms with E-state index >= 15 is 0 Å². The van der Waals surface area contributed by atoms with Gasteiger partial charge in [0.25, 0.3) is 5.91 Å². The molecule has 0 spiro atoms. The van der Waals surface area contributed by atoms with Crippen molar-refractivity contribution in [2.24, 2.45) is 11.8 Å². The van der Waals surface area contributed by atoms with Crippen molar-refractivity contribution in [1.82, 2.24) is 9.80 Å². The van der Waals surface area contributed by atoms with Gasteiger partial charge in [0.1, 0.15) is 0 Å². The second-order valence-corrected chi connectivity index (χ2v) is 15.8. The number of amides is 1. The molecule has 1 amide bonds. The number of piperidine rings is 1. The van der Waals surface area contributed by atoms with Crippen LogP contribution >= 0.6 is 11.3 Å². The van der Waals surface area contributed by atoms with Crippen molar-refractivity contribution in [3.63, 3.8) is 0 Å². The molecule has 10 nitrogen and oxygen atoms in total. The van der Waals surface area contributed by atoms with Gasteiger partial charge in [-0.25, -0.2) is 0 Å². The standard InChI is InChI=1S/C43H56N2O8S/c1-6-27-25-44-12-9-28-19-37(48-2)39(50-4)23-33(28)35(44)17-31(27)18-36-34-24-40(51-5)38(49-3)20-29(34)10-13-45(36)43(47)41-21-32(30-11-16-54-26-30)22-42(53-41)52-15-8-7-14-46/h11,16,19-21,23-24,26-27,31-32,35-36,42,46H,6-10,12-15,17-18,22,25H2,1-5H3/t27-,31+,32-,35-,36+,42+/m0/s1. The number of methoxy groups -OCH3 is 4. The van der Waals surface area contributed by atoms with Gasteiger partial charge in [-0.2, -0.15) is 11.3 Å². The van der Waals surface area contributed by atoms with Crippen molar-refractivity contribution >= 4 is 17.2 Å². The molecule has 2 aromatic carbocycles. The molecule has 3 aromatic rings. The summed E-state index contributed by atoms with van der Waals surface area (Å²) in [5.74, 6) is 4.01. The molecule has 6 atom stereocenters. The van der Waals surface area contributed by atoms with Gasteiger partial charge in [0.15, 0.2) is 28.8 Å². The number of aliphatic hydroxyl groups is 1. The molecular weight excluding hydrogens is 705 g/mol. The van der Waals surface area contributed by atoms with Gasteiger partial charge in [0.05, 0.1) is 41.1 Å². The van der Waals surface area contributed by atoms with Crippen molar-refractivity contribution < 1.29 is 38.3 Å². The van der Waals surface area contributed by atoms with Gasteiger partial charge in [-0.3, -0.25) is 9.69 Å². The van der Waals surface area contributed by atoms with Crippen LogP contribution in [-0.4, -0.2) is 88.4 Å². The van der Waals surface area contributed by atoms with E-state index < -0.39 is 6.29 Å². The first kappa shape index (κ1) is 38.5. The van der Waals surface area contributed by atoms with Crippen LogP contribution in [0.15, 0.2) is 52.9 Å². The Morgan fingerprint density at radius 3 is 2.24 bits per heavy atom. The maximum absolute atomic E-state index is 15.0. The predicted octanol–water partition coefficient (Wildman–Crippen LogP) is 7.45. The molecule has 4 aliphatic heterocycles. The minimum absolute atomic E-state index is 0.00228. The summed E-state index contributed by atoms with van der Waals surface area (Å²) < 4.78 is 35.7. The van der Waals surface area contributed by atoms with E-state index in [1.54, 1.807) is 39.8 Å². The van der Waals surface area contributed by atoms with E-state index in [0.717, 1.165) is 67.8 Å². The molecular formula is C43H56N2O8S. The van der Waals surface area contributed by atoms with Crippen LogP contribution in [0.1, 0.15) is 91.3 Å². The van der Waals surface area contributed by atoms with Crippen molar-refractivity contribution in [2.45, 2.75) is 82.6 Å². The van der Waals surface area contributed by atoms with Gasteiger partial charge in [-0.15, -0.1) is 0 Å². The first-order valence-corrected chi connectivity index (χ1v) is 20.5. The monoisotopic (exact) mass is 760 g/mol. The molecule has 7 rings (SSSR count). The maximum atomic E-state index is 15.0. The molecule has 1 fully saturated rings. The summed E-state index contributed by atoms with van der Waals surface area (Å²) in [4.78, 5) is 19.7. The van der Waals surface area contributed by atoms with Gasteiger partial charge in [-0.05, 0) is 125 Å². The third-order valence-corrected chi connectivity index (χ3v) is 12.9. The number of fused-ring (bicyclic) bond motifs is 4. The van der Waals surface area contributed by atoms with Gasteiger partial charge in [0.2, 0.25) is 6.29 Å². The number of carbonyl (C=O) groups excluding carboxylic acids is 1. The fourth-order valence-electron chi connectivity index (χ4n) is 9.27. The van der Waals surface area contributed by atoms with Crippen molar-refractivity contribution in [1.29, 1.82) is 0 Å². The van der Waals surface area contributed by atoms with Crippen LogP contribution in [-0.2, 0) is 27.1 Å². The molecule has 1 aromatic heterocycles. The Morgan fingerprint density at radius 2 is 1.57 bits per heavy atom. The third kappa shape index (κ3) is 7.83. The molecule has 1 saturated heterocycles. The Bertz CT molecular complexity index is 1780. The van der Waals surface area contributed by atoms with Gasteiger partial charge < -0.3 is 38.4 Å². The lowest BCUT2D eigenvalue weighted by Crippen LogP contribution is -2.48. The van der Waals surface area contributed by atoms with E-state index in [1.807, 2.05) is 6.08 Å². The molecule has 0 saturated carbocycles. The van der Waals surface area contributed by atoms with E-state index in [4.69, 9.17) is 28.4 Å². The summed E-state index contributed by atoms with van der Waals surface area (Å²) in [5, 5.41) is 13.5. The number of nitrogens with zero attached hydrogens (tertiary/aromatic N) is 2. The number of unbranched alkanes of at least 4 members (excludes halogenated alkanes) is 1. The lowest BCUT2D eigenvalue weighted by molar-refractivity contribution is -0.155. The number of allylic oxidation sites excluding steroid dienone is 1. The molecule has 5 heterocycles. The fourth-order valence-corrected chi connectivity index (χ4v) is 9.99. The molecule has 4 aliphatic rings. The van der Waals surface area contributed by atoms with E-state index in [9.17, 15) is 9.90 Å². The van der Waals surface area contributed by atoms with E-state index in [1.165, 1.54) is 16.7 Å². The molecule has 0 bridgehead atoms. The number of benzene rings is 2. The Balaban J connectivity index is 1.23. The lowest BCUT2D eigenvalue weighted by Gasteiger charge is -2.49. The summed E-state index contributed by atoms with van der Waals surface area (Å²) in [7, 11) is 6.75. The highest BCUT2D eigenvalue weighted by atomic mass is 32.1. The largest absolute Gasteiger partial charge is 0.493 e. The molecule has 292 valence electrons. The van der Waals surface area contributed by atoms with Crippen LogP contribution < -0.4 is 18.9 Å². The predicted molar refractivity (Wildman–Crippen MR) is 209 cm³/mol. The first-order chi connectivity index (χ1) is 26.4. The van der Waals surface area contributed by atoms with E-state index in [-0.39, 0.29) is 30.5 Å². The highest BCUT2D eigenvalue weighted by Gasteiger charge is 2.43. The zero-order valence-corrected chi connectivity index (χ0v) is 33.2. The quantitative estimate of drug-likeness (QED) is 0.168. The minimum atomic E-state index is -0.548. The lowest BCUT2D eigenvalue weighted by atomic mass is 9.72. The van der Waals surface area contributed by atoms with Crippen LogP contribution in [0, 0.1) is 11.8 Å². The average Bonchev–Trinajstić information content (AvgIpc) is 3.76. The number of ether oxygens (including phenoxy) is 6. The summed E-state index contributed by atoms with van der Waals surface area (Å²) in [6, 6.07) is 10.7. The normalized spacial score (nSPS) is 25.1. The fraction of sp³-hybridized carbons (Fsp3) is 0.558. The van der Waals surface area contributed by atoms with Gasteiger partial charge in [0, 0.05) is 44.6 Å². The molecule has 0 aliphatic carbocycles. The number of thiophene rings is 1. The first-order valence-electron chi connectivity index (χ1n) is 19.6. The van der Waals surface area contributed by atoms with Gasteiger partial charge >= 0.3 is 0 Å². The highest BCUT2D eigenvalue weighted by molar-refractivity contribution is 7.08. The van der Waals surface area contributed by atoms with Crippen LogP contribution in [0.5, 0.6) is 23.0 Å². The Hall–Kier alpha value is -3.77. The van der Waals surface area contributed by atoms with Crippen molar-refractivity contribution in [2.75, 3.05) is 61.3 Å². The van der Waals surface area contributed by atoms with Crippen LogP contribution in [0.3, 0.4) is 0 Å². The number of rotatable bonds is 14. The van der Waals surface area contributed by atoms with Crippen molar-refractivity contribution in [3.05, 3.63) is 80.7 Å². The Labute approximate surface area is 323 Å². The second-order valence-electron chi connectivity index (χ2n) is 15.0. The zero-order valence-electron chi connectivity index (χ0n) is 32.4. The topological polar surface area (TPSA) is 99.2 Å². The second kappa shape index (κ2) is 17.4. The SMILES string of the molecule is CC[C@H]1CN2CCc3cc(OC)c(OC)cc3[C@@H]2C[C@@H]1C[C@@H]1c2cc(OC)c(OC)cc2CCN1C(=O)C1=C[C@H](c2ccsc2)C[C@H](OCCCCO)O1. The highest BCUT2D eigenvalue weighted by Crippen LogP contribution is 2.50. The molecule has 54 heavy (non-hydrogen) atoms. The Kier molecular flexibility index (Phi) is 12.4. The molecule has 0 radical (unpaired) electrons. The van der Waals surface area contributed by atoms with E-state index in [2.05, 4.69) is 57.8 Å². The summed E-state index contributed by atoms with van der Waals surface area (Å²) in [5.41, 5.74) is 6.12. The summed E-state index contributed by atoms with van der Waals surface area (Å²) in [6.45, 7) is 5.50. The van der Waals surface area contributed by atoms with Crippen LogP contribution in [0.2, 0.25) is 0 Å². The number of hydrogen-bond donors (Lipinski definition) is 1. The van der Waals surface area contributed by atoms with Crippen LogP contribution in [0.4, 0.5) is 0 Å². The van der Waals surface area contributed by atoms with Crippen molar-refractivity contribution in [3.8, 4) is 23.0 Å². The third-order valence-electron chi connectivity index (χ3n) is 12.2. The molecule has 11 heteroatoms. The van der Waals surface area contributed by atoms with E-state index in [0.29, 0.717) is 61.5 Å². The van der Waals surface area contributed by atoms with Gasteiger partial charge in [-0.1, -0.05) is 13.3 Å². The number of carbonyl (C=O) groups is 1. The minimum Gasteiger partial charge on any atom is -0.493 e. The molecule has 0 unspecified atom stereocenters. The number of hydrogen-bond acceptors (Lipinski definition) is 10. The molecule has 1 N–H and O–H groups in total. The summed E-state index contributed by atoms with van der Waals surface area (Å²) in [6.07, 6.45) is 8.05. The average molecular weight is 761 g/mol. The number of aliphatic hydroxyl groups excluding tert-OH is 1. The maximum Gasteiger partial charge on any atom is 0.289 e. The summed E-state index contributed by atoms with van der Waals surface area (Å²) >= 11 is 1.65.